The minimum absolute atomic E-state index is 0.0366. The summed E-state index contributed by atoms with van der Waals surface area (Å²) in [7, 11) is 1.94. The van der Waals surface area contributed by atoms with E-state index in [9.17, 15) is 5.11 Å². The Morgan fingerprint density at radius 1 is 1.43 bits per heavy atom. The van der Waals surface area contributed by atoms with Crippen molar-refractivity contribution >= 4 is 5.69 Å². The average molecular weight is 289 g/mol. The lowest BCUT2D eigenvalue weighted by atomic mass is 10.1. The Morgan fingerprint density at radius 3 is 2.76 bits per heavy atom. The quantitative estimate of drug-likeness (QED) is 0.858. The molecule has 0 aliphatic heterocycles. The molecular formula is C16H23N3O2. The molecule has 1 aromatic carbocycles. The predicted octanol–water partition coefficient (Wildman–Crippen LogP) is 2.79. The van der Waals surface area contributed by atoms with Crippen molar-refractivity contribution in [2.75, 3.05) is 11.9 Å². The second kappa shape index (κ2) is 6.63. The van der Waals surface area contributed by atoms with Crippen molar-refractivity contribution < 1.29 is 9.84 Å². The number of aryl methyl sites for hydroxylation is 1. The summed E-state index contributed by atoms with van der Waals surface area (Å²) in [4.78, 5) is 0. The monoisotopic (exact) mass is 289 g/mol. The average Bonchev–Trinajstić information content (AvgIpc) is 2.81. The summed E-state index contributed by atoms with van der Waals surface area (Å²) in [6.07, 6.45) is 1.88. The number of ether oxygens (including phenoxy) is 1. The molecule has 0 bridgehead atoms. The Balaban J connectivity index is 2.17. The fourth-order valence-electron chi connectivity index (χ4n) is 2.36. The number of hydrogen-bond donors (Lipinski definition) is 2. The topological polar surface area (TPSA) is 59.3 Å². The van der Waals surface area contributed by atoms with Crippen LogP contribution >= 0.6 is 0 Å². The second-order valence-electron chi connectivity index (χ2n) is 5.09. The molecular weight excluding hydrogens is 266 g/mol. The van der Waals surface area contributed by atoms with Crippen LogP contribution in [0.5, 0.6) is 5.75 Å². The van der Waals surface area contributed by atoms with Crippen LogP contribution in [0.3, 0.4) is 0 Å². The second-order valence-corrected chi connectivity index (χ2v) is 5.09. The van der Waals surface area contributed by atoms with Gasteiger partial charge in [0.25, 0.3) is 0 Å². The molecule has 0 saturated carbocycles. The maximum absolute atomic E-state index is 9.45. The summed E-state index contributed by atoms with van der Waals surface area (Å²) in [6.45, 7) is 6.63. The van der Waals surface area contributed by atoms with Gasteiger partial charge < -0.3 is 15.2 Å². The van der Waals surface area contributed by atoms with Crippen LogP contribution in [0.1, 0.15) is 36.7 Å². The van der Waals surface area contributed by atoms with Crippen molar-refractivity contribution in [3.8, 4) is 5.75 Å². The zero-order chi connectivity index (χ0) is 15.4. The number of nitrogens with zero attached hydrogens (tertiary/aromatic N) is 2. The fraction of sp³-hybridized carbons (Fsp3) is 0.438. The summed E-state index contributed by atoms with van der Waals surface area (Å²) < 4.78 is 7.36. The molecule has 5 heteroatoms. The van der Waals surface area contributed by atoms with Crippen LogP contribution in [0.15, 0.2) is 24.4 Å². The maximum Gasteiger partial charge on any atom is 0.124 e. The van der Waals surface area contributed by atoms with Gasteiger partial charge in [0, 0.05) is 29.6 Å². The largest absolute Gasteiger partial charge is 0.494 e. The molecule has 2 rings (SSSR count). The van der Waals surface area contributed by atoms with E-state index in [0.717, 1.165) is 28.3 Å². The number of benzene rings is 1. The zero-order valence-corrected chi connectivity index (χ0v) is 13.1. The highest BCUT2D eigenvalue weighted by Gasteiger charge is 2.13. The Morgan fingerprint density at radius 2 is 2.19 bits per heavy atom. The van der Waals surface area contributed by atoms with Crippen molar-refractivity contribution in [1.82, 2.24) is 9.78 Å². The first-order valence-electron chi connectivity index (χ1n) is 7.18. The van der Waals surface area contributed by atoms with Crippen LogP contribution in [-0.2, 0) is 13.7 Å². The van der Waals surface area contributed by atoms with Crippen molar-refractivity contribution in [2.45, 2.75) is 33.4 Å². The molecule has 114 valence electrons. The lowest BCUT2D eigenvalue weighted by Gasteiger charge is -2.17. The van der Waals surface area contributed by atoms with Gasteiger partial charge in [0.2, 0.25) is 0 Å². The molecule has 1 atom stereocenters. The van der Waals surface area contributed by atoms with Crippen LogP contribution in [0.2, 0.25) is 0 Å². The van der Waals surface area contributed by atoms with Crippen LogP contribution in [-0.4, -0.2) is 21.5 Å². The van der Waals surface area contributed by atoms with Crippen molar-refractivity contribution in [3.05, 3.63) is 41.2 Å². The smallest absolute Gasteiger partial charge is 0.124 e. The van der Waals surface area contributed by atoms with E-state index in [4.69, 9.17) is 4.74 Å². The van der Waals surface area contributed by atoms with Gasteiger partial charge in [0.1, 0.15) is 5.75 Å². The normalized spacial score (nSPS) is 12.2. The highest BCUT2D eigenvalue weighted by atomic mass is 16.5. The molecule has 1 unspecified atom stereocenters. The summed E-state index contributed by atoms with van der Waals surface area (Å²) in [5, 5.41) is 17.2. The van der Waals surface area contributed by atoms with Crippen molar-refractivity contribution in [3.63, 3.8) is 0 Å². The van der Waals surface area contributed by atoms with E-state index in [2.05, 4.69) is 24.3 Å². The SMILES string of the molecule is CCOc1ccc(NC(C)c2cnn(C)c2C)cc1CO. The number of aliphatic hydroxyl groups is 1. The van der Waals surface area contributed by atoms with Crippen LogP contribution in [0.4, 0.5) is 5.69 Å². The van der Waals surface area contributed by atoms with Gasteiger partial charge in [-0.05, 0) is 39.0 Å². The van der Waals surface area contributed by atoms with Crippen LogP contribution in [0, 0.1) is 6.92 Å². The lowest BCUT2D eigenvalue weighted by molar-refractivity contribution is 0.267. The standard InChI is InChI=1S/C16H23N3O2/c1-5-21-16-7-6-14(8-13(16)10-20)18-11(2)15-9-17-19(4)12(15)3/h6-9,11,18,20H,5,10H2,1-4H3. The molecule has 0 spiro atoms. The number of anilines is 1. The zero-order valence-electron chi connectivity index (χ0n) is 13.1. The van der Waals surface area contributed by atoms with Gasteiger partial charge in [0.05, 0.1) is 25.5 Å². The molecule has 0 radical (unpaired) electrons. The number of nitrogens with one attached hydrogen (secondary N) is 1. The van der Waals surface area contributed by atoms with Crippen molar-refractivity contribution in [2.24, 2.45) is 7.05 Å². The van der Waals surface area contributed by atoms with E-state index in [1.165, 1.54) is 0 Å². The van der Waals surface area contributed by atoms with Gasteiger partial charge in [-0.25, -0.2) is 0 Å². The molecule has 2 aromatic rings. The van der Waals surface area contributed by atoms with E-state index in [-0.39, 0.29) is 12.6 Å². The minimum Gasteiger partial charge on any atom is -0.494 e. The predicted molar refractivity (Wildman–Crippen MR) is 83.5 cm³/mol. The summed E-state index contributed by atoms with van der Waals surface area (Å²) >= 11 is 0. The molecule has 5 nitrogen and oxygen atoms in total. The Bertz CT molecular complexity index is 608. The van der Waals surface area contributed by atoms with E-state index in [1.54, 1.807) is 0 Å². The number of aliphatic hydroxyl groups excluding tert-OH is 1. The number of hydrogen-bond acceptors (Lipinski definition) is 4. The summed E-state index contributed by atoms with van der Waals surface area (Å²) in [5.41, 5.74) is 4.05. The van der Waals surface area contributed by atoms with Gasteiger partial charge in [-0.1, -0.05) is 0 Å². The molecule has 1 aromatic heterocycles. The summed E-state index contributed by atoms with van der Waals surface area (Å²) in [5.74, 6) is 0.732. The van der Waals surface area contributed by atoms with Gasteiger partial charge in [0.15, 0.2) is 0 Å². The Kier molecular flexibility index (Phi) is 4.85. The van der Waals surface area contributed by atoms with Crippen LogP contribution in [0.25, 0.3) is 0 Å². The third-order valence-corrected chi connectivity index (χ3v) is 3.65. The van der Waals surface area contributed by atoms with E-state index < -0.39 is 0 Å². The molecule has 0 amide bonds. The molecule has 21 heavy (non-hydrogen) atoms. The highest BCUT2D eigenvalue weighted by molar-refractivity contribution is 5.52. The van der Waals surface area contributed by atoms with Gasteiger partial charge >= 0.3 is 0 Å². The molecule has 0 aliphatic rings. The number of rotatable bonds is 6. The van der Waals surface area contributed by atoms with Gasteiger partial charge in [-0.3, -0.25) is 4.68 Å². The van der Waals surface area contributed by atoms with E-state index >= 15 is 0 Å². The van der Waals surface area contributed by atoms with Crippen LogP contribution < -0.4 is 10.1 Å². The maximum atomic E-state index is 9.45. The Hall–Kier alpha value is -2.01. The summed E-state index contributed by atoms with van der Waals surface area (Å²) in [6, 6.07) is 5.92. The van der Waals surface area contributed by atoms with E-state index in [0.29, 0.717) is 6.61 Å². The third-order valence-electron chi connectivity index (χ3n) is 3.65. The first kappa shape index (κ1) is 15.4. The molecule has 1 heterocycles. The first-order chi connectivity index (χ1) is 10.1. The minimum atomic E-state index is -0.0366. The fourth-order valence-corrected chi connectivity index (χ4v) is 2.36. The first-order valence-corrected chi connectivity index (χ1v) is 7.18. The third kappa shape index (κ3) is 3.36. The van der Waals surface area contributed by atoms with Gasteiger partial charge in [-0.2, -0.15) is 5.10 Å². The van der Waals surface area contributed by atoms with Crippen molar-refractivity contribution in [1.29, 1.82) is 0 Å². The lowest BCUT2D eigenvalue weighted by Crippen LogP contribution is -2.08. The highest BCUT2D eigenvalue weighted by Crippen LogP contribution is 2.26. The van der Waals surface area contributed by atoms with Gasteiger partial charge in [-0.15, -0.1) is 0 Å². The molecule has 0 fully saturated rings. The molecule has 0 aliphatic carbocycles. The molecule has 2 N–H and O–H groups in total. The molecule has 0 saturated heterocycles. The van der Waals surface area contributed by atoms with E-state index in [1.807, 2.05) is 43.0 Å². The Labute approximate surface area is 125 Å². The number of aromatic nitrogens is 2.